The molecule has 9 nitrogen and oxygen atoms in total. The lowest BCUT2D eigenvalue weighted by atomic mass is 9.67. The minimum Gasteiger partial charge on any atom is -0.508 e. The van der Waals surface area contributed by atoms with E-state index >= 15 is 0 Å². The number of methoxy groups -OCH3 is 1. The number of nitrogens with one attached hydrogen (secondary N) is 1. The fourth-order valence-electron chi connectivity index (χ4n) is 5.00. The number of allylic oxidation sites excluding steroid dienone is 2. The van der Waals surface area contributed by atoms with E-state index in [1.807, 2.05) is 13.8 Å². The summed E-state index contributed by atoms with van der Waals surface area (Å²) in [7, 11) is 1.32. The maximum atomic E-state index is 13.4. The topological polar surface area (TPSA) is 139 Å². The molecule has 0 bridgehead atoms. The first-order valence-corrected chi connectivity index (χ1v) is 11.3. The van der Waals surface area contributed by atoms with Crippen LogP contribution in [0.5, 0.6) is 23.0 Å². The van der Waals surface area contributed by atoms with E-state index in [-0.39, 0.29) is 46.4 Å². The normalized spacial score (nSPS) is 20.3. The molecular formula is C27H27NO8. The van der Waals surface area contributed by atoms with Crippen molar-refractivity contribution in [2.75, 3.05) is 7.11 Å². The molecular weight excluding hydrogens is 466 g/mol. The van der Waals surface area contributed by atoms with Crippen molar-refractivity contribution >= 4 is 23.3 Å². The van der Waals surface area contributed by atoms with Crippen molar-refractivity contribution < 1.29 is 38.9 Å². The summed E-state index contributed by atoms with van der Waals surface area (Å²) < 4.78 is 11.2. The van der Waals surface area contributed by atoms with Crippen LogP contribution in [0.2, 0.25) is 0 Å². The molecule has 0 spiro atoms. The van der Waals surface area contributed by atoms with Gasteiger partial charge in [0.15, 0.2) is 17.3 Å². The third-order valence-electron chi connectivity index (χ3n) is 7.25. The number of ether oxygens (including phenoxy) is 2. The van der Waals surface area contributed by atoms with Crippen molar-refractivity contribution in [2.45, 2.75) is 46.6 Å². The van der Waals surface area contributed by atoms with Crippen molar-refractivity contribution in [1.29, 1.82) is 0 Å². The number of hydrogen-bond acceptors (Lipinski definition) is 8. The summed E-state index contributed by atoms with van der Waals surface area (Å²) in [6.45, 7) is 8.18. The van der Waals surface area contributed by atoms with Crippen LogP contribution in [0.25, 0.3) is 0 Å². The molecule has 4 rings (SSSR count). The molecule has 2 aromatic carbocycles. The van der Waals surface area contributed by atoms with Crippen molar-refractivity contribution in [1.82, 2.24) is 5.32 Å². The minimum absolute atomic E-state index is 0.00344. The monoisotopic (exact) mass is 493 g/mol. The summed E-state index contributed by atoms with van der Waals surface area (Å²) in [5.74, 6) is -4.54. The Kier molecular flexibility index (Phi) is 5.90. The highest BCUT2D eigenvalue weighted by molar-refractivity contribution is 6.27. The summed E-state index contributed by atoms with van der Waals surface area (Å²) in [4.78, 5) is 51.4. The molecule has 36 heavy (non-hydrogen) atoms. The van der Waals surface area contributed by atoms with E-state index in [2.05, 4.69) is 5.32 Å². The molecule has 2 atom stereocenters. The number of amides is 1. The lowest BCUT2D eigenvalue weighted by Crippen LogP contribution is -2.47. The van der Waals surface area contributed by atoms with Crippen LogP contribution in [0.4, 0.5) is 0 Å². The van der Waals surface area contributed by atoms with E-state index in [4.69, 9.17) is 9.47 Å². The highest BCUT2D eigenvalue weighted by Gasteiger charge is 2.58. The fraction of sp³-hybridized carbons (Fsp3) is 0.333. The van der Waals surface area contributed by atoms with Crippen LogP contribution in [0, 0.1) is 26.7 Å². The Morgan fingerprint density at radius 2 is 1.78 bits per heavy atom. The quantitative estimate of drug-likeness (QED) is 0.541. The smallest absolute Gasteiger partial charge is 0.259 e. The molecule has 2 aliphatic rings. The Morgan fingerprint density at radius 3 is 2.39 bits per heavy atom. The zero-order valence-electron chi connectivity index (χ0n) is 20.9. The van der Waals surface area contributed by atoms with Gasteiger partial charge in [-0.3, -0.25) is 19.2 Å². The number of rotatable bonds is 5. The maximum absolute atomic E-state index is 13.4. The van der Waals surface area contributed by atoms with Gasteiger partial charge in [-0.05, 0) is 62.9 Å². The van der Waals surface area contributed by atoms with Gasteiger partial charge in [0, 0.05) is 18.7 Å². The van der Waals surface area contributed by atoms with Gasteiger partial charge in [-0.15, -0.1) is 0 Å². The summed E-state index contributed by atoms with van der Waals surface area (Å²) in [5.41, 5.74) is 1.44. The number of ketones is 3. The number of benzene rings is 2. The second-order valence-electron chi connectivity index (χ2n) is 9.35. The average molecular weight is 494 g/mol. The number of hydrogen-bond donors (Lipinski definition) is 3. The number of aryl methyl sites for hydroxylation is 1. The number of aromatic hydroxyl groups is 2. The van der Waals surface area contributed by atoms with Crippen LogP contribution in [-0.2, 0) is 26.3 Å². The SMILES string of the molecule is COc1cc(O)c2c(c1C(=O)NCc1c(C)cc(O)c(C)c1C)OC1=CC(=O)C(C(C)=O)C(=O)[C@]12C. The fourth-order valence-corrected chi connectivity index (χ4v) is 5.00. The molecule has 1 unspecified atom stereocenters. The highest BCUT2D eigenvalue weighted by atomic mass is 16.5. The van der Waals surface area contributed by atoms with Gasteiger partial charge in [0.25, 0.3) is 5.91 Å². The first-order chi connectivity index (χ1) is 16.8. The molecule has 3 N–H and O–H groups in total. The Morgan fingerprint density at radius 1 is 1.11 bits per heavy atom. The molecule has 2 aromatic rings. The predicted molar refractivity (Wildman–Crippen MR) is 128 cm³/mol. The van der Waals surface area contributed by atoms with Gasteiger partial charge in [0.05, 0.1) is 12.7 Å². The molecule has 0 saturated carbocycles. The van der Waals surface area contributed by atoms with Crippen LogP contribution >= 0.6 is 0 Å². The van der Waals surface area contributed by atoms with Crippen molar-refractivity contribution in [3.05, 3.63) is 57.3 Å². The number of Topliss-reactive ketones (excluding diaryl/α,β-unsaturated/α-hetero) is 2. The molecule has 1 heterocycles. The minimum atomic E-state index is -1.63. The maximum Gasteiger partial charge on any atom is 0.259 e. The third kappa shape index (κ3) is 3.45. The molecule has 1 aliphatic heterocycles. The van der Waals surface area contributed by atoms with Gasteiger partial charge in [-0.1, -0.05) is 0 Å². The molecule has 9 heteroatoms. The van der Waals surface area contributed by atoms with E-state index in [1.54, 1.807) is 13.0 Å². The van der Waals surface area contributed by atoms with Crippen LogP contribution in [0.15, 0.2) is 24.0 Å². The number of carbonyl (C=O) groups excluding carboxylic acids is 4. The Balaban J connectivity index is 1.81. The molecule has 0 saturated heterocycles. The number of phenols is 2. The summed E-state index contributed by atoms with van der Waals surface area (Å²) >= 11 is 0. The van der Waals surface area contributed by atoms with Gasteiger partial charge in [-0.25, -0.2) is 0 Å². The first-order valence-electron chi connectivity index (χ1n) is 11.3. The number of carbonyl (C=O) groups is 4. The summed E-state index contributed by atoms with van der Waals surface area (Å²) in [6.07, 6.45) is 1.08. The van der Waals surface area contributed by atoms with Gasteiger partial charge in [0.1, 0.15) is 45.7 Å². The van der Waals surface area contributed by atoms with Gasteiger partial charge < -0.3 is 25.0 Å². The largest absolute Gasteiger partial charge is 0.508 e. The Hall–Kier alpha value is -4.14. The predicted octanol–water partition coefficient (Wildman–Crippen LogP) is 2.85. The molecule has 0 radical (unpaired) electrons. The Bertz CT molecular complexity index is 1400. The van der Waals surface area contributed by atoms with Crippen molar-refractivity contribution in [3.63, 3.8) is 0 Å². The van der Waals surface area contributed by atoms with Crippen LogP contribution < -0.4 is 14.8 Å². The molecule has 1 amide bonds. The second kappa shape index (κ2) is 8.51. The summed E-state index contributed by atoms with van der Waals surface area (Å²) in [6, 6.07) is 2.83. The lowest BCUT2D eigenvalue weighted by Gasteiger charge is -2.30. The number of fused-ring (bicyclic) bond motifs is 3. The van der Waals surface area contributed by atoms with Crippen LogP contribution in [0.1, 0.15) is 52.0 Å². The first kappa shape index (κ1) is 25.0. The molecule has 188 valence electrons. The zero-order chi connectivity index (χ0) is 26.7. The van der Waals surface area contributed by atoms with E-state index in [1.165, 1.54) is 20.1 Å². The number of phenolic OH excluding ortho intramolecular Hbond substituents is 2. The Labute approximate surface area is 207 Å². The van der Waals surface area contributed by atoms with Crippen LogP contribution in [-0.4, -0.2) is 40.6 Å². The van der Waals surface area contributed by atoms with E-state index in [0.29, 0.717) is 5.56 Å². The average Bonchev–Trinajstić information content (AvgIpc) is 3.10. The standard InChI is InChI=1S/C27H27NO8/c1-11-7-16(30)13(3)12(2)15(11)10-28-26(34)22-19(35-6)8-18(32)23-24(22)36-20-9-17(31)21(14(4)29)25(33)27(20,23)5/h7-9,21,30,32H,10H2,1-6H3,(H,28,34)/t21?,27-/m1/s1. The second-order valence-corrected chi connectivity index (χ2v) is 9.35. The van der Waals surface area contributed by atoms with E-state index in [0.717, 1.165) is 29.7 Å². The van der Waals surface area contributed by atoms with E-state index < -0.39 is 34.6 Å². The van der Waals surface area contributed by atoms with Crippen LogP contribution in [0.3, 0.4) is 0 Å². The zero-order valence-corrected chi connectivity index (χ0v) is 20.9. The molecule has 1 aliphatic carbocycles. The molecule has 0 aromatic heterocycles. The highest BCUT2D eigenvalue weighted by Crippen LogP contribution is 2.56. The van der Waals surface area contributed by atoms with Gasteiger partial charge in [-0.2, -0.15) is 0 Å². The van der Waals surface area contributed by atoms with Gasteiger partial charge >= 0.3 is 0 Å². The summed E-state index contributed by atoms with van der Waals surface area (Å²) in [5, 5.41) is 23.7. The van der Waals surface area contributed by atoms with Gasteiger partial charge in [0.2, 0.25) is 0 Å². The van der Waals surface area contributed by atoms with Crippen molar-refractivity contribution in [2.24, 2.45) is 5.92 Å². The lowest BCUT2D eigenvalue weighted by molar-refractivity contribution is -0.140. The van der Waals surface area contributed by atoms with Crippen molar-refractivity contribution in [3.8, 4) is 23.0 Å². The van der Waals surface area contributed by atoms with E-state index in [9.17, 15) is 29.4 Å². The third-order valence-corrected chi connectivity index (χ3v) is 7.25. The molecule has 0 fully saturated rings.